The lowest BCUT2D eigenvalue weighted by atomic mass is 9.96. The third kappa shape index (κ3) is 4.20. The summed E-state index contributed by atoms with van der Waals surface area (Å²) in [6.07, 6.45) is 1.99. The van der Waals surface area contributed by atoms with Crippen LogP contribution in [-0.2, 0) is 11.3 Å². The van der Waals surface area contributed by atoms with Crippen molar-refractivity contribution in [3.63, 3.8) is 0 Å². The molecular weight excluding hydrogens is 346 g/mol. The number of benzene rings is 2. The van der Waals surface area contributed by atoms with Gasteiger partial charge in [0.15, 0.2) is 0 Å². The third-order valence-corrected chi connectivity index (χ3v) is 5.65. The van der Waals surface area contributed by atoms with Crippen LogP contribution in [0, 0.1) is 5.92 Å². The molecule has 4 nitrogen and oxygen atoms in total. The number of amides is 1. The van der Waals surface area contributed by atoms with Crippen LogP contribution >= 0.6 is 12.4 Å². The van der Waals surface area contributed by atoms with Crippen molar-refractivity contribution in [2.24, 2.45) is 5.92 Å². The number of nitrogens with zero attached hydrogens (tertiary/aromatic N) is 2. The summed E-state index contributed by atoms with van der Waals surface area (Å²) in [5.41, 5.74) is 1.39. The number of carbonyl (C=O) groups excluding carboxylic acids is 1. The minimum atomic E-state index is 0. The number of hydrogen-bond acceptors (Lipinski definition) is 3. The Morgan fingerprint density at radius 2 is 1.65 bits per heavy atom. The first-order valence-corrected chi connectivity index (χ1v) is 9.50. The Labute approximate surface area is 161 Å². The summed E-state index contributed by atoms with van der Waals surface area (Å²) in [7, 11) is 0. The molecule has 2 aliphatic rings. The molecule has 1 amide bonds. The molecule has 0 bridgehead atoms. The molecule has 0 unspecified atom stereocenters. The molecule has 2 fully saturated rings. The normalized spacial score (nSPS) is 19.3. The molecule has 0 spiro atoms. The van der Waals surface area contributed by atoms with Gasteiger partial charge in [-0.2, -0.15) is 0 Å². The summed E-state index contributed by atoms with van der Waals surface area (Å²) < 4.78 is 0. The van der Waals surface area contributed by atoms with E-state index in [0.717, 1.165) is 58.7 Å². The van der Waals surface area contributed by atoms with Crippen molar-refractivity contribution in [3.8, 4) is 0 Å². The molecule has 0 radical (unpaired) electrons. The van der Waals surface area contributed by atoms with E-state index in [4.69, 9.17) is 0 Å². The SMILES string of the molecule is Cl.O=C(C1CCNCC1)N1CCN(Cc2cccc3ccccc23)CC1. The number of piperazine rings is 1. The van der Waals surface area contributed by atoms with Gasteiger partial charge in [0, 0.05) is 38.6 Å². The molecule has 26 heavy (non-hydrogen) atoms. The van der Waals surface area contributed by atoms with E-state index in [1.165, 1.54) is 16.3 Å². The van der Waals surface area contributed by atoms with Gasteiger partial charge in [0.2, 0.25) is 5.91 Å². The molecule has 1 N–H and O–H groups in total. The van der Waals surface area contributed by atoms with Crippen LogP contribution in [0.25, 0.3) is 10.8 Å². The highest BCUT2D eigenvalue weighted by Crippen LogP contribution is 2.21. The van der Waals surface area contributed by atoms with E-state index >= 15 is 0 Å². The van der Waals surface area contributed by atoms with Gasteiger partial charge in [-0.15, -0.1) is 12.4 Å². The Bertz CT molecular complexity index is 732. The summed E-state index contributed by atoms with van der Waals surface area (Å²) >= 11 is 0. The van der Waals surface area contributed by atoms with E-state index in [1.54, 1.807) is 0 Å². The lowest BCUT2D eigenvalue weighted by Gasteiger charge is -2.37. The van der Waals surface area contributed by atoms with E-state index in [-0.39, 0.29) is 18.3 Å². The van der Waals surface area contributed by atoms with Gasteiger partial charge in [0.1, 0.15) is 0 Å². The van der Waals surface area contributed by atoms with E-state index in [0.29, 0.717) is 5.91 Å². The first-order chi connectivity index (χ1) is 12.3. The maximum Gasteiger partial charge on any atom is 0.225 e. The molecule has 140 valence electrons. The molecule has 0 saturated carbocycles. The maximum atomic E-state index is 12.7. The van der Waals surface area contributed by atoms with E-state index in [9.17, 15) is 4.79 Å². The Balaban J connectivity index is 0.00000196. The minimum Gasteiger partial charge on any atom is -0.340 e. The number of carbonyl (C=O) groups is 1. The zero-order chi connectivity index (χ0) is 17.1. The summed E-state index contributed by atoms with van der Waals surface area (Å²) in [5, 5.41) is 5.99. The lowest BCUT2D eigenvalue weighted by Crippen LogP contribution is -2.51. The van der Waals surface area contributed by atoms with E-state index < -0.39 is 0 Å². The molecule has 2 aromatic rings. The topological polar surface area (TPSA) is 35.6 Å². The fourth-order valence-electron chi connectivity index (χ4n) is 4.12. The van der Waals surface area contributed by atoms with Crippen LogP contribution in [0.5, 0.6) is 0 Å². The van der Waals surface area contributed by atoms with Crippen molar-refractivity contribution >= 4 is 29.1 Å². The largest absolute Gasteiger partial charge is 0.340 e. The van der Waals surface area contributed by atoms with Gasteiger partial charge in [-0.05, 0) is 42.3 Å². The van der Waals surface area contributed by atoms with E-state index in [1.807, 2.05) is 0 Å². The molecule has 2 heterocycles. The molecule has 4 rings (SSSR count). The second-order valence-electron chi connectivity index (χ2n) is 7.26. The highest BCUT2D eigenvalue weighted by atomic mass is 35.5. The number of fused-ring (bicyclic) bond motifs is 1. The Kier molecular flexibility index (Phi) is 6.52. The molecule has 0 aliphatic carbocycles. The summed E-state index contributed by atoms with van der Waals surface area (Å²) in [6.45, 7) is 6.62. The van der Waals surface area contributed by atoms with Crippen LogP contribution in [0.4, 0.5) is 0 Å². The average Bonchev–Trinajstić information content (AvgIpc) is 2.69. The Morgan fingerprint density at radius 3 is 2.42 bits per heavy atom. The van der Waals surface area contributed by atoms with Gasteiger partial charge in [-0.1, -0.05) is 42.5 Å². The van der Waals surface area contributed by atoms with Crippen LogP contribution < -0.4 is 5.32 Å². The highest BCUT2D eigenvalue weighted by Gasteiger charge is 2.28. The van der Waals surface area contributed by atoms with Crippen LogP contribution in [0.2, 0.25) is 0 Å². The van der Waals surface area contributed by atoms with Crippen molar-refractivity contribution < 1.29 is 4.79 Å². The summed E-state index contributed by atoms with van der Waals surface area (Å²) in [6, 6.07) is 15.1. The second-order valence-corrected chi connectivity index (χ2v) is 7.26. The van der Waals surface area contributed by atoms with Gasteiger partial charge in [-0.25, -0.2) is 0 Å². The van der Waals surface area contributed by atoms with Crippen molar-refractivity contribution in [2.45, 2.75) is 19.4 Å². The van der Waals surface area contributed by atoms with Gasteiger partial charge >= 0.3 is 0 Å². The fraction of sp³-hybridized carbons (Fsp3) is 0.476. The predicted octanol–water partition coefficient (Wildman–Crippen LogP) is 2.91. The molecule has 2 saturated heterocycles. The third-order valence-electron chi connectivity index (χ3n) is 5.65. The Morgan fingerprint density at radius 1 is 0.962 bits per heavy atom. The molecule has 0 atom stereocenters. The zero-order valence-electron chi connectivity index (χ0n) is 15.2. The van der Waals surface area contributed by atoms with Gasteiger partial charge < -0.3 is 10.2 Å². The lowest BCUT2D eigenvalue weighted by molar-refractivity contribution is -0.138. The van der Waals surface area contributed by atoms with Crippen LogP contribution in [-0.4, -0.2) is 55.0 Å². The van der Waals surface area contributed by atoms with Crippen molar-refractivity contribution in [3.05, 3.63) is 48.0 Å². The molecule has 2 aliphatic heterocycles. The molecule has 0 aromatic heterocycles. The number of rotatable bonds is 3. The van der Waals surface area contributed by atoms with Gasteiger partial charge in [0.05, 0.1) is 0 Å². The monoisotopic (exact) mass is 373 g/mol. The second kappa shape index (κ2) is 8.85. The smallest absolute Gasteiger partial charge is 0.225 e. The van der Waals surface area contributed by atoms with Gasteiger partial charge in [0.25, 0.3) is 0 Å². The summed E-state index contributed by atoms with van der Waals surface area (Å²) in [5.74, 6) is 0.622. The van der Waals surface area contributed by atoms with Crippen LogP contribution in [0.15, 0.2) is 42.5 Å². The molecule has 2 aromatic carbocycles. The highest BCUT2D eigenvalue weighted by molar-refractivity contribution is 5.86. The number of nitrogens with one attached hydrogen (secondary N) is 1. The number of piperidine rings is 1. The van der Waals surface area contributed by atoms with Crippen molar-refractivity contribution in [1.29, 1.82) is 0 Å². The fourth-order valence-corrected chi connectivity index (χ4v) is 4.12. The van der Waals surface area contributed by atoms with Crippen molar-refractivity contribution in [1.82, 2.24) is 15.1 Å². The van der Waals surface area contributed by atoms with Crippen molar-refractivity contribution in [2.75, 3.05) is 39.3 Å². The number of halogens is 1. The quantitative estimate of drug-likeness (QED) is 0.898. The predicted molar refractivity (Wildman–Crippen MR) is 109 cm³/mol. The number of hydrogen-bond donors (Lipinski definition) is 1. The standard InChI is InChI=1S/C21H27N3O.ClH/c25-21(18-8-10-22-11-9-18)24-14-12-23(13-15-24)16-19-6-3-5-17-4-1-2-7-20(17)19;/h1-7,18,22H,8-16H2;1H. The first-order valence-electron chi connectivity index (χ1n) is 9.50. The maximum absolute atomic E-state index is 12.7. The average molecular weight is 374 g/mol. The molecule has 5 heteroatoms. The summed E-state index contributed by atoms with van der Waals surface area (Å²) in [4.78, 5) is 17.2. The van der Waals surface area contributed by atoms with Crippen LogP contribution in [0.1, 0.15) is 18.4 Å². The minimum absolute atomic E-state index is 0. The first kappa shape index (κ1) is 19.2. The Hall–Kier alpha value is -1.62. The van der Waals surface area contributed by atoms with Crippen LogP contribution in [0.3, 0.4) is 0 Å². The zero-order valence-corrected chi connectivity index (χ0v) is 16.0. The molecular formula is C21H28ClN3O. The van der Waals surface area contributed by atoms with Gasteiger partial charge in [-0.3, -0.25) is 9.69 Å². The van der Waals surface area contributed by atoms with E-state index in [2.05, 4.69) is 57.6 Å².